The topological polar surface area (TPSA) is 55.8 Å². The lowest BCUT2D eigenvalue weighted by Gasteiger charge is -2.09. The molecule has 1 rings (SSSR count). The van der Waals surface area contributed by atoms with Gasteiger partial charge >= 0.3 is 5.97 Å². The summed E-state index contributed by atoms with van der Waals surface area (Å²) >= 11 is 0. The van der Waals surface area contributed by atoms with Crippen LogP contribution in [0.5, 0.6) is 11.5 Å². The summed E-state index contributed by atoms with van der Waals surface area (Å²) in [6.45, 7) is 2.68. The van der Waals surface area contributed by atoms with Gasteiger partial charge in [0.2, 0.25) is 0 Å². The highest BCUT2D eigenvalue weighted by Crippen LogP contribution is 2.25. The van der Waals surface area contributed by atoms with E-state index in [0.29, 0.717) is 17.9 Å². The van der Waals surface area contributed by atoms with Crippen LogP contribution < -0.4 is 9.47 Å². The Bertz CT molecular complexity index is 410. The Morgan fingerprint density at radius 2 is 2.24 bits per heavy atom. The van der Waals surface area contributed by atoms with Crippen LogP contribution in [0.4, 0.5) is 0 Å². The molecule has 0 spiro atoms. The van der Waals surface area contributed by atoms with E-state index < -0.39 is 5.97 Å². The number of hydrogen-bond acceptors (Lipinski definition) is 3. The lowest BCUT2D eigenvalue weighted by atomic mass is 10.1. The molecular weight excluding hydrogens is 220 g/mol. The van der Waals surface area contributed by atoms with Gasteiger partial charge in [-0.15, -0.1) is 0 Å². The molecule has 0 aliphatic rings. The first-order chi connectivity index (χ1) is 8.17. The third-order valence-corrected chi connectivity index (χ3v) is 2.08. The largest absolute Gasteiger partial charge is 0.496 e. The highest BCUT2D eigenvalue weighted by Gasteiger charge is 2.03. The minimum Gasteiger partial charge on any atom is -0.496 e. The number of ether oxygens (including phenoxy) is 2. The normalized spacial score (nSPS) is 10.5. The summed E-state index contributed by atoms with van der Waals surface area (Å²) in [5, 5.41) is 8.56. The van der Waals surface area contributed by atoms with Crippen molar-refractivity contribution in [2.24, 2.45) is 0 Å². The van der Waals surface area contributed by atoms with Crippen LogP contribution in [-0.4, -0.2) is 24.8 Å². The van der Waals surface area contributed by atoms with Gasteiger partial charge < -0.3 is 14.6 Å². The van der Waals surface area contributed by atoms with Crippen molar-refractivity contribution in [2.75, 3.05) is 13.7 Å². The van der Waals surface area contributed by atoms with E-state index in [1.54, 1.807) is 18.2 Å². The van der Waals surface area contributed by atoms with Crippen molar-refractivity contribution in [3.05, 3.63) is 29.8 Å². The minimum absolute atomic E-state index is 0.594. The molecule has 0 heterocycles. The van der Waals surface area contributed by atoms with Crippen molar-refractivity contribution < 1.29 is 19.4 Å². The lowest BCUT2D eigenvalue weighted by Crippen LogP contribution is -1.96. The fourth-order valence-electron chi connectivity index (χ4n) is 1.30. The van der Waals surface area contributed by atoms with E-state index in [1.165, 1.54) is 13.2 Å². The fraction of sp³-hybridized carbons (Fsp3) is 0.308. The standard InChI is InChI=1S/C13H16O4/c1-3-8-17-11-6-4-10(5-7-13(14)15)12(9-11)16-2/h4-7,9H,3,8H2,1-2H3,(H,14,15). The predicted octanol–water partition coefficient (Wildman–Crippen LogP) is 2.58. The van der Waals surface area contributed by atoms with Crippen LogP contribution in [0.3, 0.4) is 0 Å². The van der Waals surface area contributed by atoms with E-state index in [-0.39, 0.29) is 0 Å². The van der Waals surface area contributed by atoms with Gasteiger partial charge in [0.15, 0.2) is 0 Å². The second kappa shape index (κ2) is 6.58. The molecule has 0 radical (unpaired) electrons. The van der Waals surface area contributed by atoms with Crippen LogP contribution in [-0.2, 0) is 4.79 Å². The monoisotopic (exact) mass is 236 g/mol. The van der Waals surface area contributed by atoms with Crippen molar-refractivity contribution in [1.29, 1.82) is 0 Å². The quantitative estimate of drug-likeness (QED) is 0.771. The number of carboxylic acids is 1. The zero-order valence-corrected chi connectivity index (χ0v) is 9.97. The average Bonchev–Trinajstić information content (AvgIpc) is 2.34. The number of carboxylic acid groups (broad SMARTS) is 1. The molecule has 1 aromatic carbocycles. The van der Waals surface area contributed by atoms with Crippen molar-refractivity contribution in [3.63, 3.8) is 0 Å². The summed E-state index contributed by atoms with van der Waals surface area (Å²) in [5.74, 6) is 0.325. The molecule has 0 amide bonds. The molecule has 0 bridgehead atoms. The summed E-state index contributed by atoms with van der Waals surface area (Å²) in [6, 6.07) is 5.31. The summed E-state index contributed by atoms with van der Waals surface area (Å²) in [5.41, 5.74) is 0.707. The number of methoxy groups -OCH3 is 1. The first kappa shape index (κ1) is 13.1. The van der Waals surface area contributed by atoms with Gasteiger partial charge in [0.25, 0.3) is 0 Å². The molecule has 92 valence electrons. The molecule has 0 fully saturated rings. The van der Waals surface area contributed by atoms with E-state index in [2.05, 4.69) is 0 Å². The SMILES string of the molecule is CCCOc1ccc(C=CC(=O)O)c(OC)c1. The lowest BCUT2D eigenvalue weighted by molar-refractivity contribution is -0.131. The summed E-state index contributed by atoms with van der Waals surface area (Å²) in [6.07, 6.45) is 3.50. The van der Waals surface area contributed by atoms with E-state index in [4.69, 9.17) is 14.6 Å². The van der Waals surface area contributed by atoms with E-state index in [9.17, 15) is 4.79 Å². The van der Waals surface area contributed by atoms with Crippen LogP contribution in [0.2, 0.25) is 0 Å². The molecule has 0 aliphatic heterocycles. The average molecular weight is 236 g/mol. The Morgan fingerprint density at radius 1 is 1.47 bits per heavy atom. The second-order valence-electron chi connectivity index (χ2n) is 3.42. The maximum atomic E-state index is 10.4. The Hall–Kier alpha value is -1.97. The van der Waals surface area contributed by atoms with Crippen LogP contribution in [0.15, 0.2) is 24.3 Å². The van der Waals surface area contributed by atoms with E-state index in [0.717, 1.165) is 18.2 Å². The number of aliphatic carboxylic acids is 1. The molecule has 17 heavy (non-hydrogen) atoms. The molecule has 1 aromatic rings. The Labute approximate surface area is 100 Å². The summed E-state index contributed by atoms with van der Waals surface area (Å²) in [7, 11) is 1.54. The molecule has 0 unspecified atom stereocenters. The molecule has 0 saturated heterocycles. The number of hydrogen-bond donors (Lipinski definition) is 1. The highest BCUT2D eigenvalue weighted by molar-refractivity contribution is 5.86. The van der Waals surface area contributed by atoms with Gasteiger partial charge in [-0.2, -0.15) is 0 Å². The van der Waals surface area contributed by atoms with E-state index >= 15 is 0 Å². The number of carbonyl (C=O) groups is 1. The Morgan fingerprint density at radius 3 is 2.82 bits per heavy atom. The minimum atomic E-state index is -0.988. The van der Waals surface area contributed by atoms with Crippen LogP contribution in [0.25, 0.3) is 6.08 Å². The van der Waals surface area contributed by atoms with E-state index in [1.807, 2.05) is 6.92 Å². The second-order valence-corrected chi connectivity index (χ2v) is 3.42. The van der Waals surface area contributed by atoms with Gasteiger partial charge in [-0.25, -0.2) is 4.79 Å². The fourth-order valence-corrected chi connectivity index (χ4v) is 1.30. The maximum absolute atomic E-state index is 10.4. The van der Waals surface area contributed by atoms with Gasteiger partial charge in [0, 0.05) is 17.7 Å². The molecule has 1 N–H and O–H groups in total. The molecule has 0 saturated carbocycles. The number of benzene rings is 1. The molecule has 4 heteroatoms. The third-order valence-electron chi connectivity index (χ3n) is 2.08. The zero-order chi connectivity index (χ0) is 12.7. The van der Waals surface area contributed by atoms with Crippen LogP contribution in [0.1, 0.15) is 18.9 Å². The van der Waals surface area contributed by atoms with Crippen molar-refractivity contribution in [2.45, 2.75) is 13.3 Å². The van der Waals surface area contributed by atoms with Gasteiger partial charge in [-0.05, 0) is 24.6 Å². The van der Waals surface area contributed by atoms with Crippen molar-refractivity contribution in [1.82, 2.24) is 0 Å². The van der Waals surface area contributed by atoms with Gasteiger partial charge in [-0.3, -0.25) is 0 Å². The van der Waals surface area contributed by atoms with Crippen molar-refractivity contribution in [3.8, 4) is 11.5 Å². The smallest absolute Gasteiger partial charge is 0.328 e. The van der Waals surface area contributed by atoms with Gasteiger partial charge in [0.05, 0.1) is 13.7 Å². The molecule has 0 aliphatic carbocycles. The van der Waals surface area contributed by atoms with Crippen LogP contribution in [0, 0.1) is 0 Å². The molecular formula is C13H16O4. The van der Waals surface area contributed by atoms with Crippen molar-refractivity contribution >= 4 is 12.0 Å². The maximum Gasteiger partial charge on any atom is 0.328 e. The third kappa shape index (κ3) is 4.18. The first-order valence-electron chi connectivity index (χ1n) is 5.39. The molecule has 4 nitrogen and oxygen atoms in total. The van der Waals surface area contributed by atoms with Crippen LogP contribution >= 0.6 is 0 Å². The summed E-state index contributed by atoms with van der Waals surface area (Å²) < 4.78 is 10.6. The molecule has 0 aromatic heterocycles. The Kier molecular flexibility index (Phi) is 5.07. The summed E-state index contributed by atoms with van der Waals surface area (Å²) in [4.78, 5) is 10.4. The zero-order valence-electron chi connectivity index (χ0n) is 9.97. The first-order valence-corrected chi connectivity index (χ1v) is 5.39. The van der Waals surface area contributed by atoms with Gasteiger partial charge in [-0.1, -0.05) is 6.92 Å². The Balaban J connectivity index is 2.89. The molecule has 0 atom stereocenters. The van der Waals surface area contributed by atoms with Gasteiger partial charge in [0.1, 0.15) is 11.5 Å². The highest BCUT2D eigenvalue weighted by atomic mass is 16.5. The predicted molar refractivity (Wildman–Crippen MR) is 65.4 cm³/mol. The number of rotatable bonds is 6.